The van der Waals surface area contributed by atoms with E-state index in [-0.39, 0.29) is 23.2 Å². The van der Waals surface area contributed by atoms with Crippen LogP contribution < -0.4 is 5.32 Å². The molecule has 3 aromatic rings. The molecule has 3 rings (SSSR count). The first kappa shape index (κ1) is 24.4. The molecule has 2 aromatic carbocycles. The Morgan fingerprint density at radius 2 is 1.73 bits per heavy atom. The predicted molar refractivity (Wildman–Crippen MR) is 118 cm³/mol. The molecule has 0 atom stereocenters. The average Bonchev–Trinajstić information content (AvgIpc) is 2.77. The average molecular weight is 479 g/mol. The number of carbonyl (C=O) groups is 1. The fourth-order valence-electron chi connectivity index (χ4n) is 2.93. The highest BCUT2D eigenvalue weighted by Gasteiger charge is 2.52. The molecule has 174 valence electrons. The van der Waals surface area contributed by atoms with Crippen molar-refractivity contribution >= 4 is 17.5 Å². The lowest BCUT2D eigenvalue weighted by Gasteiger charge is -2.26. The predicted octanol–water partition coefficient (Wildman–Crippen LogP) is 5.33. The molecule has 0 spiro atoms. The number of benzene rings is 2. The molecule has 0 bridgehead atoms. The van der Waals surface area contributed by atoms with Gasteiger partial charge in [0.15, 0.2) is 11.6 Å². The Kier molecular flexibility index (Phi) is 6.92. The van der Waals surface area contributed by atoms with Gasteiger partial charge < -0.3 is 10.4 Å². The Labute approximate surface area is 193 Å². The number of hydrogen-bond acceptors (Lipinski definition) is 5. The summed E-state index contributed by atoms with van der Waals surface area (Å²) in [6.07, 6.45) is -3.88. The second kappa shape index (κ2) is 9.35. The molecule has 0 radical (unpaired) electrons. The molecule has 0 aliphatic heterocycles. The molecular formula is C23H22ClF3N4O2. The molecule has 0 saturated carbocycles. The lowest BCUT2D eigenvalue weighted by molar-refractivity contribution is -0.211. The Hall–Kier alpha value is -3.20. The fraction of sp³-hybridized carbons (Fsp3) is 0.304. The van der Waals surface area contributed by atoms with Crippen molar-refractivity contribution in [1.29, 1.82) is 0 Å². The van der Waals surface area contributed by atoms with E-state index in [1.807, 2.05) is 25.1 Å². The van der Waals surface area contributed by atoms with E-state index in [1.165, 1.54) is 6.07 Å². The second-order valence-electron chi connectivity index (χ2n) is 7.96. The summed E-state index contributed by atoms with van der Waals surface area (Å²) in [6, 6.07) is 11.6. The number of aromatic hydroxyl groups is 1. The van der Waals surface area contributed by atoms with Crippen LogP contribution in [0, 0.1) is 5.41 Å². The molecule has 2 N–H and O–H groups in total. The van der Waals surface area contributed by atoms with Crippen LogP contribution in [0.15, 0.2) is 42.5 Å². The maximum atomic E-state index is 13.1. The largest absolute Gasteiger partial charge is 0.479 e. The van der Waals surface area contributed by atoms with Crippen LogP contribution in [0.2, 0.25) is 5.02 Å². The molecule has 0 aliphatic rings. The van der Waals surface area contributed by atoms with E-state index in [1.54, 1.807) is 18.2 Å². The van der Waals surface area contributed by atoms with Gasteiger partial charge in [0, 0.05) is 17.7 Å². The van der Waals surface area contributed by atoms with Crippen molar-refractivity contribution in [2.75, 3.05) is 0 Å². The highest BCUT2D eigenvalue weighted by Crippen LogP contribution is 2.37. The van der Waals surface area contributed by atoms with Gasteiger partial charge in [-0.2, -0.15) is 23.1 Å². The number of amides is 1. The zero-order chi connectivity index (χ0) is 24.4. The van der Waals surface area contributed by atoms with Gasteiger partial charge in [-0.05, 0) is 49.6 Å². The third kappa shape index (κ3) is 5.42. The topological polar surface area (TPSA) is 88.0 Å². The Bertz CT molecular complexity index is 1180. The number of alkyl halides is 3. The second-order valence-corrected chi connectivity index (χ2v) is 8.36. The first-order chi connectivity index (χ1) is 15.4. The lowest BCUT2D eigenvalue weighted by Crippen LogP contribution is -2.46. The highest BCUT2D eigenvalue weighted by molar-refractivity contribution is 6.33. The Balaban J connectivity index is 1.91. The molecule has 1 heterocycles. The maximum absolute atomic E-state index is 13.1. The minimum Gasteiger partial charge on any atom is -0.479 e. The lowest BCUT2D eigenvalue weighted by atomic mass is 9.91. The Morgan fingerprint density at radius 1 is 1.03 bits per heavy atom. The number of rotatable bonds is 6. The summed E-state index contributed by atoms with van der Waals surface area (Å²) in [4.78, 5) is 24.4. The number of hydrogen-bond donors (Lipinski definition) is 2. The van der Waals surface area contributed by atoms with E-state index < -0.39 is 23.5 Å². The van der Waals surface area contributed by atoms with Crippen molar-refractivity contribution in [3.8, 4) is 28.8 Å². The molecule has 0 fully saturated rings. The summed E-state index contributed by atoms with van der Waals surface area (Å²) >= 11 is 6.31. The van der Waals surface area contributed by atoms with Crippen LogP contribution >= 0.6 is 11.6 Å². The third-order valence-electron chi connectivity index (χ3n) is 5.22. The quantitative estimate of drug-likeness (QED) is 0.500. The van der Waals surface area contributed by atoms with Gasteiger partial charge in [-0.15, -0.1) is 0 Å². The van der Waals surface area contributed by atoms with Crippen LogP contribution in [0.25, 0.3) is 22.8 Å². The molecule has 10 heteroatoms. The van der Waals surface area contributed by atoms with E-state index in [9.17, 15) is 23.1 Å². The van der Waals surface area contributed by atoms with Crippen LogP contribution in [0.1, 0.15) is 31.9 Å². The summed E-state index contributed by atoms with van der Waals surface area (Å²) < 4.78 is 39.3. The van der Waals surface area contributed by atoms with E-state index >= 15 is 0 Å². The van der Waals surface area contributed by atoms with Gasteiger partial charge in [0.05, 0.1) is 5.02 Å². The standard InChI is InChI=1S/C23H22ClF3N4O2/c1-4-13-6-5-7-15(10-13)18-29-19(31-21(33)30-18)16-11-14(8-9-17(16)24)12-28-20(32)22(2,3)23(25,26)27/h5-11H,4,12H2,1-3H3,(H,28,32)(H,29,30,31,33). The minimum atomic E-state index is -4.68. The van der Waals surface area contributed by atoms with Crippen LogP contribution in [0.4, 0.5) is 13.2 Å². The summed E-state index contributed by atoms with van der Waals surface area (Å²) in [6.45, 7) is 3.48. The van der Waals surface area contributed by atoms with Crippen molar-refractivity contribution in [3.05, 3.63) is 58.6 Å². The van der Waals surface area contributed by atoms with Crippen molar-refractivity contribution < 1.29 is 23.1 Å². The summed E-state index contributed by atoms with van der Waals surface area (Å²) in [5, 5.41) is 12.6. The van der Waals surface area contributed by atoms with Crippen LogP contribution in [0.5, 0.6) is 6.01 Å². The van der Waals surface area contributed by atoms with Gasteiger partial charge in [0.25, 0.3) is 0 Å². The van der Waals surface area contributed by atoms with Crippen LogP contribution in [0.3, 0.4) is 0 Å². The fourth-order valence-corrected chi connectivity index (χ4v) is 3.13. The highest BCUT2D eigenvalue weighted by atomic mass is 35.5. The van der Waals surface area contributed by atoms with E-state index in [4.69, 9.17) is 11.6 Å². The van der Waals surface area contributed by atoms with Gasteiger partial charge in [-0.1, -0.05) is 42.8 Å². The number of nitrogens with zero attached hydrogens (tertiary/aromatic N) is 3. The number of aryl methyl sites for hydroxylation is 1. The molecule has 6 nitrogen and oxygen atoms in total. The zero-order valence-electron chi connectivity index (χ0n) is 18.2. The van der Waals surface area contributed by atoms with Gasteiger partial charge in [0.2, 0.25) is 5.91 Å². The number of halogens is 4. The molecule has 1 amide bonds. The first-order valence-electron chi connectivity index (χ1n) is 10.1. The van der Waals surface area contributed by atoms with Crippen molar-refractivity contribution in [3.63, 3.8) is 0 Å². The normalized spacial score (nSPS) is 12.0. The van der Waals surface area contributed by atoms with E-state index in [0.29, 0.717) is 16.7 Å². The smallest absolute Gasteiger partial charge is 0.402 e. The number of nitrogens with one attached hydrogen (secondary N) is 1. The van der Waals surface area contributed by atoms with Gasteiger partial charge >= 0.3 is 12.2 Å². The van der Waals surface area contributed by atoms with Crippen molar-refractivity contribution in [2.24, 2.45) is 5.41 Å². The number of aromatic nitrogens is 3. The molecule has 0 saturated heterocycles. The Morgan fingerprint density at radius 3 is 2.39 bits per heavy atom. The monoisotopic (exact) mass is 478 g/mol. The summed E-state index contributed by atoms with van der Waals surface area (Å²) in [5.74, 6) is -0.815. The molecule has 1 aromatic heterocycles. The van der Waals surface area contributed by atoms with E-state index in [0.717, 1.165) is 25.8 Å². The van der Waals surface area contributed by atoms with Gasteiger partial charge in [-0.25, -0.2) is 4.98 Å². The minimum absolute atomic E-state index is 0.0909. The molecule has 0 aliphatic carbocycles. The van der Waals surface area contributed by atoms with Crippen LogP contribution in [-0.4, -0.2) is 32.1 Å². The molecule has 33 heavy (non-hydrogen) atoms. The van der Waals surface area contributed by atoms with Crippen LogP contribution in [-0.2, 0) is 17.8 Å². The zero-order valence-corrected chi connectivity index (χ0v) is 18.9. The first-order valence-corrected chi connectivity index (χ1v) is 10.5. The third-order valence-corrected chi connectivity index (χ3v) is 5.55. The van der Waals surface area contributed by atoms with Crippen molar-refractivity contribution in [1.82, 2.24) is 20.3 Å². The molecular weight excluding hydrogens is 457 g/mol. The van der Waals surface area contributed by atoms with Gasteiger partial charge in [0.1, 0.15) is 5.41 Å². The maximum Gasteiger partial charge on any atom is 0.402 e. The SMILES string of the molecule is CCc1cccc(-c2nc(O)nc(-c3cc(CNC(=O)C(C)(C)C(F)(F)F)ccc3Cl)n2)c1. The molecule has 0 unspecified atom stereocenters. The van der Waals surface area contributed by atoms with Gasteiger partial charge in [-0.3, -0.25) is 4.79 Å². The number of carbonyl (C=O) groups excluding carboxylic acids is 1. The summed E-state index contributed by atoms with van der Waals surface area (Å²) in [5.41, 5.74) is 0.0254. The van der Waals surface area contributed by atoms with E-state index in [2.05, 4.69) is 20.3 Å². The van der Waals surface area contributed by atoms with Crippen molar-refractivity contribution in [2.45, 2.75) is 39.9 Å². The summed E-state index contributed by atoms with van der Waals surface area (Å²) in [7, 11) is 0.